The largest absolute Gasteiger partial charge is 0.403 e. The van der Waals surface area contributed by atoms with Gasteiger partial charge >= 0.3 is 0 Å². The molecule has 0 aromatic rings. The van der Waals surface area contributed by atoms with Gasteiger partial charge < -0.3 is 5.73 Å². The molecule has 0 aliphatic rings. The molecule has 1 nitrogen and oxygen atoms in total. The van der Waals surface area contributed by atoms with E-state index in [0.29, 0.717) is 0 Å². The minimum absolute atomic E-state index is 0.755. The average molecular weight is 213 g/mol. The summed E-state index contributed by atoms with van der Waals surface area (Å²) in [4.78, 5) is 0. The van der Waals surface area contributed by atoms with Crippen molar-refractivity contribution in [3.05, 3.63) is 12.3 Å². The Morgan fingerprint density at radius 2 is 1.07 bits per heavy atom. The van der Waals surface area contributed by atoms with Crippen molar-refractivity contribution in [2.24, 2.45) is 5.73 Å². The maximum atomic E-state index is 5.10. The van der Waals surface area contributed by atoms with Gasteiger partial charge in [-0.25, -0.2) is 0 Å². The first-order valence-electron chi connectivity index (χ1n) is 6.62. The van der Waals surface area contributed by atoms with Crippen LogP contribution in [-0.4, -0.2) is 0 Å². The lowest BCUT2D eigenvalue weighted by atomic mass is 10.1. The van der Waals surface area contributed by atoms with Crippen LogP contribution in [0.5, 0.6) is 0 Å². The highest BCUT2D eigenvalue weighted by Gasteiger charge is 1.87. The van der Waals surface area contributed by atoms with E-state index in [1.807, 2.05) is 6.92 Å². The summed E-state index contributed by atoms with van der Waals surface area (Å²) in [5.74, 6) is 0. The van der Waals surface area contributed by atoms with Crippen molar-refractivity contribution >= 4 is 0 Å². The molecular weight excluding hydrogens is 182 g/mol. The van der Waals surface area contributed by atoms with Crippen LogP contribution >= 0.6 is 0 Å². The highest BCUT2D eigenvalue weighted by atomic mass is 14.5. The van der Waals surface area contributed by atoms with E-state index in [4.69, 9.17) is 5.73 Å². The lowest BCUT2D eigenvalue weighted by molar-refractivity contribution is 0.585. The fourth-order valence-corrected chi connectivity index (χ4v) is 1.21. The Labute approximate surface area is 97.1 Å². The van der Waals surface area contributed by atoms with Crippen LogP contribution in [0.25, 0.3) is 0 Å². The summed E-state index contributed by atoms with van der Waals surface area (Å²) in [6.07, 6.45) is 12.3. The van der Waals surface area contributed by atoms with Gasteiger partial charge in [0.05, 0.1) is 0 Å². The standard InChI is InChI=1S/C10H22.C4H9N/c1-3-5-7-9-10-8-6-4-2;1-3-4(2)5/h3-10H2,1-2H3;2-3,5H2,1H3. The third kappa shape index (κ3) is 24.7. The number of allylic oxidation sites excluding steroid dienone is 1. The highest BCUT2D eigenvalue weighted by molar-refractivity contribution is 4.82. The van der Waals surface area contributed by atoms with Gasteiger partial charge in [-0.1, -0.05) is 78.7 Å². The van der Waals surface area contributed by atoms with Gasteiger partial charge in [-0.05, 0) is 6.42 Å². The van der Waals surface area contributed by atoms with Crippen LogP contribution in [0.3, 0.4) is 0 Å². The van der Waals surface area contributed by atoms with Gasteiger partial charge in [-0.15, -0.1) is 0 Å². The van der Waals surface area contributed by atoms with E-state index >= 15 is 0 Å². The Morgan fingerprint density at radius 3 is 1.27 bits per heavy atom. The van der Waals surface area contributed by atoms with Crippen LogP contribution in [0.4, 0.5) is 0 Å². The monoisotopic (exact) mass is 213 g/mol. The smallest absolute Gasteiger partial charge is 0.000466 e. The van der Waals surface area contributed by atoms with Crippen molar-refractivity contribution < 1.29 is 0 Å². The molecule has 2 N–H and O–H groups in total. The first-order valence-corrected chi connectivity index (χ1v) is 6.62. The van der Waals surface area contributed by atoms with E-state index in [1.165, 1.54) is 51.4 Å². The molecule has 1 heteroatoms. The minimum Gasteiger partial charge on any atom is -0.403 e. The van der Waals surface area contributed by atoms with Crippen LogP contribution < -0.4 is 5.73 Å². The van der Waals surface area contributed by atoms with Crippen molar-refractivity contribution in [2.75, 3.05) is 0 Å². The van der Waals surface area contributed by atoms with Crippen LogP contribution in [0.1, 0.15) is 78.6 Å². The second kappa shape index (κ2) is 16.0. The third-order valence-electron chi connectivity index (χ3n) is 2.41. The van der Waals surface area contributed by atoms with Gasteiger partial charge in [0, 0.05) is 5.70 Å². The van der Waals surface area contributed by atoms with Crippen molar-refractivity contribution in [3.8, 4) is 0 Å². The summed E-state index contributed by atoms with van der Waals surface area (Å²) < 4.78 is 0. The summed E-state index contributed by atoms with van der Waals surface area (Å²) >= 11 is 0. The van der Waals surface area contributed by atoms with Crippen molar-refractivity contribution in [3.63, 3.8) is 0 Å². The molecule has 0 unspecified atom stereocenters. The van der Waals surface area contributed by atoms with E-state index in [2.05, 4.69) is 20.4 Å². The van der Waals surface area contributed by atoms with E-state index < -0.39 is 0 Å². The summed E-state index contributed by atoms with van der Waals surface area (Å²) in [5, 5.41) is 0. The Bertz CT molecular complexity index is 111. The van der Waals surface area contributed by atoms with E-state index in [1.54, 1.807) is 0 Å². The van der Waals surface area contributed by atoms with Crippen molar-refractivity contribution in [1.29, 1.82) is 0 Å². The predicted molar refractivity (Wildman–Crippen MR) is 71.9 cm³/mol. The van der Waals surface area contributed by atoms with Crippen LogP contribution in [0.15, 0.2) is 12.3 Å². The molecule has 0 rings (SSSR count). The fraction of sp³-hybridized carbons (Fsp3) is 0.857. The van der Waals surface area contributed by atoms with Gasteiger partial charge in [0.1, 0.15) is 0 Å². The Morgan fingerprint density at radius 1 is 0.800 bits per heavy atom. The van der Waals surface area contributed by atoms with Crippen LogP contribution in [0.2, 0.25) is 0 Å². The van der Waals surface area contributed by atoms with Crippen LogP contribution in [0, 0.1) is 0 Å². The zero-order valence-electron chi connectivity index (χ0n) is 11.1. The normalized spacial score (nSPS) is 9.27. The van der Waals surface area contributed by atoms with E-state index in [9.17, 15) is 0 Å². The molecule has 0 fully saturated rings. The molecule has 0 amide bonds. The molecule has 0 aromatic carbocycles. The maximum absolute atomic E-state index is 5.10. The lowest BCUT2D eigenvalue weighted by Crippen LogP contribution is -1.89. The summed E-state index contributed by atoms with van der Waals surface area (Å²) in [6.45, 7) is 9.97. The lowest BCUT2D eigenvalue weighted by Gasteiger charge is -1.97. The summed E-state index contributed by atoms with van der Waals surface area (Å²) in [6, 6.07) is 0. The Kier molecular flexibility index (Phi) is 18.1. The molecule has 0 saturated heterocycles. The molecule has 0 aliphatic carbocycles. The first-order chi connectivity index (χ1) is 7.18. The second-order valence-electron chi connectivity index (χ2n) is 4.13. The summed E-state index contributed by atoms with van der Waals surface area (Å²) in [5.41, 5.74) is 5.85. The molecule has 92 valence electrons. The Hall–Kier alpha value is -0.460. The quantitative estimate of drug-likeness (QED) is 0.563. The van der Waals surface area contributed by atoms with Gasteiger partial charge in [0.25, 0.3) is 0 Å². The minimum atomic E-state index is 0.755. The van der Waals surface area contributed by atoms with Crippen molar-refractivity contribution in [2.45, 2.75) is 78.6 Å². The maximum Gasteiger partial charge on any atom is 0.000466 e. The van der Waals surface area contributed by atoms with Gasteiger partial charge in [-0.3, -0.25) is 0 Å². The number of hydrogen-bond donors (Lipinski definition) is 1. The Balaban J connectivity index is 0. The first kappa shape index (κ1) is 17.0. The van der Waals surface area contributed by atoms with E-state index in [0.717, 1.165) is 12.1 Å². The molecule has 0 aromatic heterocycles. The SMILES string of the molecule is C=C(N)CC.CCCCCCCCCC. The second-order valence-corrected chi connectivity index (χ2v) is 4.13. The number of nitrogens with two attached hydrogens (primary N) is 1. The zero-order chi connectivity index (χ0) is 11.9. The molecule has 15 heavy (non-hydrogen) atoms. The zero-order valence-corrected chi connectivity index (χ0v) is 11.1. The van der Waals surface area contributed by atoms with Gasteiger partial charge in [0.15, 0.2) is 0 Å². The molecule has 0 heterocycles. The molecule has 0 saturated carbocycles. The third-order valence-corrected chi connectivity index (χ3v) is 2.41. The highest BCUT2D eigenvalue weighted by Crippen LogP contribution is 2.07. The molecular formula is C14H31N. The molecule has 0 bridgehead atoms. The number of unbranched alkanes of at least 4 members (excludes halogenated alkanes) is 7. The fourth-order valence-electron chi connectivity index (χ4n) is 1.21. The predicted octanol–water partition coefficient (Wildman–Crippen LogP) is 5.02. The molecule has 0 radical (unpaired) electrons. The van der Waals surface area contributed by atoms with Gasteiger partial charge in [-0.2, -0.15) is 0 Å². The molecule has 0 spiro atoms. The van der Waals surface area contributed by atoms with Crippen molar-refractivity contribution in [1.82, 2.24) is 0 Å². The molecule has 0 aliphatic heterocycles. The number of rotatable bonds is 8. The topological polar surface area (TPSA) is 26.0 Å². The average Bonchev–Trinajstić information content (AvgIpc) is 2.24. The summed E-state index contributed by atoms with van der Waals surface area (Å²) in [7, 11) is 0. The van der Waals surface area contributed by atoms with Gasteiger partial charge in [0.2, 0.25) is 0 Å². The van der Waals surface area contributed by atoms with E-state index in [-0.39, 0.29) is 0 Å². The number of hydrogen-bond acceptors (Lipinski definition) is 1. The molecule has 0 atom stereocenters. The van der Waals surface area contributed by atoms with Crippen LogP contribution in [-0.2, 0) is 0 Å².